The molecule has 0 spiro atoms. The minimum atomic E-state index is -0.503. The van der Waals surface area contributed by atoms with Gasteiger partial charge in [0.15, 0.2) is 0 Å². The molecule has 0 saturated heterocycles. The molecule has 0 aliphatic heterocycles. The quantitative estimate of drug-likeness (QED) is 0.0396. The predicted octanol–water partition coefficient (Wildman–Crippen LogP) is 2.87. The lowest BCUT2D eigenvalue weighted by molar-refractivity contribution is -0.147. The van der Waals surface area contributed by atoms with Crippen LogP contribution in [0.5, 0.6) is 0 Å². The van der Waals surface area contributed by atoms with Crippen molar-refractivity contribution in [2.45, 2.75) is 105 Å². The summed E-state index contributed by atoms with van der Waals surface area (Å²) in [6.45, 7) is 16.5. The lowest BCUT2D eigenvalue weighted by Gasteiger charge is -2.35. The van der Waals surface area contributed by atoms with Gasteiger partial charge in [0, 0.05) is 79.5 Å². The van der Waals surface area contributed by atoms with E-state index in [1.165, 1.54) is 35.2 Å². The highest BCUT2D eigenvalue weighted by molar-refractivity contribution is 5.78. The van der Waals surface area contributed by atoms with Crippen LogP contribution in [0.2, 0.25) is 0 Å². The number of methoxy groups -OCH3 is 3. The van der Waals surface area contributed by atoms with Crippen LogP contribution in [0.15, 0.2) is 23.5 Å². The molecule has 2 N–H and O–H groups in total. The number of carbonyl (C=O) groups excluding carboxylic acids is 6. The van der Waals surface area contributed by atoms with Crippen molar-refractivity contribution in [2.75, 3.05) is 133 Å². The number of ether oxygens (including phenoxy) is 9. The Bertz CT molecular complexity index is 1590. The number of nitrogens with zero attached hydrogens (tertiary/aromatic N) is 3. The SMILES string of the molecule is COC(=O)CC1CC(OCC(C)C)CCC1OCCCNCCN(CCN(CCN(COC(C)=O)CC(=O)NCCCOC1CC=C(OCC(C)C)C=C1COC(C)=O)CC(=O)OC)CC(=O)OC. The summed E-state index contributed by atoms with van der Waals surface area (Å²) >= 11 is 0. The standard InChI is InChI=1S/C49H85N5O15/c1-36(2)32-67-42-12-14-44(40(26-42)28-47(58)61-7)64-24-10-16-50-18-19-52(30-48(59)62-8)20-21-53(31-49(60)63-9)22-23-54(35-69-39(6)56)29-46(57)51-17-11-25-65-45-15-13-43(68-33-37(3)4)27-41(45)34-66-38(5)55/h13,27,36-37,40,42,44-45,50H,10-12,14-26,28-35H2,1-9H3,(H,51,57). The van der Waals surface area contributed by atoms with Gasteiger partial charge in [0.05, 0.1) is 72.3 Å². The molecule has 0 aromatic rings. The fourth-order valence-corrected chi connectivity index (χ4v) is 7.52. The molecule has 2 aliphatic carbocycles. The molecule has 1 saturated carbocycles. The highest BCUT2D eigenvalue weighted by Gasteiger charge is 2.33. The van der Waals surface area contributed by atoms with Gasteiger partial charge in [-0.15, -0.1) is 0 Å². The van der Waals surface area contributed by atoms with Gasteiger partial charge < -0.3 is 53.3 Å². The molecule has 69 heavy (non-hydrogen) atoms. The molecule has 0 aromatic carbocycles. The van der Waals surface area contributed by atoms with Gasteiger partial charge in [0.1, 0.15) is 19.1 Å². The number of allylic oxidation sites excluding steroid dienone is 1. The molecule has 1 fully saturated rings. The average molecular weight is 984 g/mol. The summed E-state index contributed by atoms with van der Waals surface area (Å²) in [7, 11) is 4.05. The van der Waals surface area contributed by atoms with Gasteiger partial charge in [-0.05, 0) is 80.5 Å². The van der Waals surface area contributed by atoms with Crippen LogP contribution in [-0.4, -0.2) is 202 Å². The third-order valence-corrected chi connectivity index (χ3v) is 11.3. The molecular weight excluding hydrogens is 899 g/mol. The summed E-state index contributed by atoms with van der Waals surface area (Å²) in [5.41, 5.74) is 0.796. The minimum absolute atomic E-state index is 0.0330. The van der Waals surface area contributed by atoms with Crippen molar-refractivity contribution >= 4 is 35.8 Å². The van der Waals surface area contributed by atoms with E-state index in [0.717, 1.165) is 37.0 Å². The minimum Gasteiger partial charge on any atom is -0.494 e. The molecule has 0 heterocycles. The van der Waals surface area contributed by atoms with Crippen molar-refractivity contribution in [2.24, 2.45) is 17.8 Å². The summed E-state index contributed by atoms with van der Waals surface area (Å²) in [4.78, 5) is 78.9. The topological polar surface area (TPSA) is 219 Å². The maximum atomic E-state index is 13.1. The van der Waals surface area contributed by atoms with Crippen molar-refractivity contribution in [3.8, 4) is 0 Å². The van der Waals surface area contributed by atoms with E-state index in [-0.39, 0.29) is 75.6 Å². The number of carbonyl (C=O) groups is 6. The first-order chi connectivity index (χ1) is 33.0. The second-order valence-electron chi connectivity index (χ2n) is 18.3. The van der Waals surface area contributed by atoms with Crippen molar-refractivity contribution in [3.05, 3.63) is 23.5 Å². The monoisotopic (exact) mass is 984 g/mol. The van der Waals surface area contributed by atoms with Crippen LogP contribution in [-0.2, 0) is 71.4 Å². The number of hydrogen-bond donors (Lipinski definition) is 2. The van der Waals surface area contributed by atoms with E-state index >= 15 is 0 Å². The van der Waals surface area contributed by atoms with E-state index in [2.05, 4.69) is 38.3 Å². The summed E-state index contributed by atoms with van der Waals surface area (Å²) in [6, 6.07) is 0. The molecule has 1 amide bonds. The Labute approximate surface area is 410 Å². The summed E-state index contributed by atoms with van der Waals surface area (Å²) in [5, 5.41) is 6.32. The Morgan fingerprint density at radius 2 is 1.29 bits per heavy atom. The second-order valence-corrected chi connectivity index (χ2v) is 18.3. The van der Waals surface area contributed by atoms with Crippen molar-refractivity contribution in [1.29, 1.82) is 0 Å². The molecule has 4 atom stereocenters. The van der Waals surface area contributed by atoms with Gasteiger partial charge in [-0.25, -0.2) is 0 Å². The molecule has 2 aliphatic rings. The molecule has 0 bridgehead atoms. The number of hydrogen-bond acceptors (Lipinski definition) is 19. The Balaban J connectivity index is 1.88. The van der Waals surface area contributed by atoms with Crippen LogP contribution >= 0.6 is 0 Å². The number of nitrogens with one attached hydrogen (secondary N) is 2. The number of rotatable bonds is 37. The molecule has 2 rings (SSSR count). The Morgan fingerprint density at radius 1 is 0.681 bits per heavy atom. The molecule has 0 radical (unpaired) electrons. The maximum Gasteiger partial charge on any atom is 0.319 e. The highest BCUT2D eigenvalue weighted by atomic mass is 16.6. The van der Waals surface area contributed by atoms with Crippen LogP contribution in [0.4, 0.5) is 0 Å². The first-order valence-electron chi connectivity index (χ1n) is 24.5. The van der Waals surface area contributed by atoms with Gasteiger partial charge >= 0.3 is 29.8 Å². The first-order valence-corrected chi connectivity index (χ1v) is 24.5. The molecule has 20 nitrogen and oxygen atoms in total. The Morgan fingerprint density at radius 3 is 1.91 bits per heavy atom. The van der Waals surface area contributed by atoms with Gasteiger partial charge in [-0.2, -0.15) is 0 Å². The fraction of sp³-hybridized carbons (Fsp3) is 0.796. The van der Waals surface area contributed by atoms with Crippen LogP contribution in [0.1, 0.15) is 86.5 Å². The third kappa shape index (κ3) is 28.9. The van der Waals surface area contributed by atoms with E-state index in [0.29, 0.717) is 103 Å². The zero-order chi connectivity index (χ0) is 51.0. The van der Waals surface area contributed by atoms with E-state index < -0.39 is 23.9 Å². The van der Waals surface area contributed by atoms with Crippen LogP contribution in [0, 0.1) is 17.8 Å². The molecule has 20 heteroatoms. The van der Waals surface area contributed by atoms with Crippen LogP contribution in [0.25, 0.3) is 0 Å². The normalized spacial score (nSPS) is 18.2. The lowest BCUT2D eigenvalue weighted by Crippen LogP contribution is -2.46. The third-order valence-electron chi connectivity index (χ3n) is 11.3. The lowest BCUT2D eigenvalue weighted by atomic mass is 9.82. The summed E-state index contributed by atoms with van der Waals surface area (Å²) in [6.07, 6.45) is 8.17. The Kier molecular flexibility index (Phi) is 31.7. The predicted molar refractivity (Wildman–Crippen MR) is 256 cm³/mol. The van der Waals surface area contributed by atoms with Gasteiger partial charge in [0.25, 0.3) is 0 Å². The van der Waals surface area contributed by atoms with E-state index in [4.69, 9.17) is 42.6 Å². The summed E-state index contributed by atoms with van der Waals surface area (Å²) < 4.78 is 49.8. The van der Waals surface area contributed by atoms with Gasteiger partial charge in [-0.3, -0.25) is 43.5 Å². The molecule has 0 aromatic heterocycles. The largest absolute Gasteiger partial charge is 0.494 e. The highest BCUT2D eigenvalue weighted by Crippen LogP contribution is 2.32. The Hall–Kier alpha value is -4.18. The zero-order valence-corrected chi connectivity index (χ0v) is 43.1. The second kappa shape index (κ2) is 35.8. The average Bonchev–Trinajstić information content (AvgIpc) is 3.31. The smallest absolute Gasteiger partial charge is 0.319 e. The van der Waals surface area contributed by atoms with E-state index in [1.807, 2.05) is 22.0 Å². The number of esters is 5. The van der Waals surface area contributed by atoms with Gasteiger partial charge in [-0.1, -0.05) is 27.7 Å². The van der Waals surface area contributed by atoms with Crippen LogP contribution in [0.3, 0.4) is 0 Å². The van der Waals surface area contributed by atoms with Crippen molar-refractivity contribution in [1.82, 2.24) is 25.3 Å². The van der Waals surface area contributed by atoms with Crippen LogP contribution < -0.4 is 10.6 Å². The van der Waals surface area contributed by atoms with E-state index in [9.17, 15) is 28.8 Å². The number of amides is 1. The molecule has 4 unspecified atom stereocenters. The van der Waals surface area contributed by atoms with Gasteiger partial charge in [0.2, 0.25) is 5.91 Å². The van der Waals surface area contributed by atoms with E-state index in [1.54, 1.807) is 4.90 Å². The zero-order valence-electron chi connectivity index (χ0n) is 43.1. The summed E-state index contributed by atoms with van der Waals surface area (Å²) in [5.74, 6) is -0.731. The maximum absolute atomic E-state index is 13.1. The fourth-order valence-electron chi connectivity index (χ4n) is 7.52. The molecular formula is C49H85N5O15. The molecule has 396 valence electrons. The van der Waals surface area contributed by atoms with Crippen molar-refractivity contribution < 1.29 is 71.4 Å². The first kappa shape index (κ1) is 60.9. The van der Waals surface area contributed by atoms with Crippen molar-refractivity contribution in [3.63, 3.8) is 0 Å².